The highest BCUT2D eigenvalue weighted by molar-refractivity contribution is 6.62. The summed E-state index contributed by atoms with van der Waals surface area (Å²) in [7, 11) is 4.90. The highest BCUT2D eigenvalue weighted by Crippen LogP contribution is 2.29. The minimum Gasteiger partial charge on any atom is -0.407 e. The van der Waals surface area contributed by atoms with E-state index in [1.165, 1.54) is 6.07 Å². The molecule has 1 aliphatic rings. The Hall–Kier alpha value is -0.940. The zero-order valence-electron chi connectivity index (χ0n) is 11.5. The van der Waals surface area contributed by atoms with Crippen molar-refractivity contribution in [3.8, 4) is 0 Å². The SMILES string of the molecule is [B]Cc1cc(C(F)(F)F)ccc1B1OCC(C)(C)CO1. The molecule has 0 bridgehead atoms. The standard InChI is InChI=1S/C13H15B2F3O2/c1-12(2)7-19-15(20-8-12)11-4-3-10(13(16,17)18)5-9(11)6-14/h3-5H,6-8H2,1-2H3. The average Bonchev–Trinajstić information content (AvgIpc) is 2.37. The quantitative estimate of drug-likeness (QED) is 0.774. The smallest absolute Gasteiger partial charge is 0.407 e. The van der Waals surface area contributed by atoms with Crippen LogP contribution in [0, 0.1) is 5.41 Å². The minimum atomic E-state index is -4.38. The van der Waals surface area contributed by atoms with Gasteiger partial charge in [-0.05, 0) is 11.5 Å². The largest absolute Gasteiger partial charge is 0.494 e. The van der Waals surface area contributed by atoms with Crippen LogP contribution in [0.25, 0.3) is 0 Å². The molecule has 106 valence electrons. The second-order valence-corrected chi connectivity index (χ2v) is 5.73. The first-order valence-corrected chi connectivity index (χ1v) is 6.36. The van der Waals surface area contributed by atoms with Crippen LogP contribution >= 0.6 is 0 Å². The fraction of sp³-hybridized carbons (Fsp3) is 0.538. The average molecular weight is 282 g/mol. The van der Waals surface area contributed by atoms with Gasteiger partial charge in [0.2, 0.25) is 0 Å². The van der Waals surface area contributed by atoms with Crippen LogP contribution in [0.3, 0.4) is 0 Å². The summed E-state index contributed by atoms with van der Waals surface area (Å²) in [5.41, 5.74) is 0.157. The van der Waals surface area contributed by atoms with Crippen LogP contribution in [0.4, 0.5) is 13.2 Å². The Morgan fingerprint density at radius 3 is 2.35 bits per heavy atom. The Balaban J connectivity index is 2.25. The molecule has 1 aromatic carbocycles. The molecule has 2 nitrogen and oxygen atoms in total. The van der Waals surface area contributed by atoms with Gasteiger partial charge >= 0.3 is 13.3 Å². The highest BCUT2D eigenvalue weighted by atomic mass is 19.4. The molecule has 20 heavy (non-hydrogen) atoms. The van der Waals surface area contributed by atoms with E-state index in [0.717, 1.165) is 12.1 Å². The monoisotopic (exact) mass is 282 g/mol. The summed E-state index contributed by atoms with van der Waals surface area (Å²) in [5.74, 6) is 0. The number of hydrogen-bond donors (Lipinski definition) is 0. The number of hydrogen-bond acceptors (Lipinski definition) is 2. The second-order valence-electron chi connectivity index (χ2n) is 5.73. The fourth-order valence-corrected chi connectivity index (χ4v) is 2.06. The first-order chi connectivity index (χ1) is 9.23. The van der Waals surface area contributed by atoms with Crippen LogP contribution in [0.15, 0.2) is 18.2 Å². The Labute approximate surface area is 118 Å². The third kappa shape index (κ3) is 3.38. The molecule has 2 radical (unpaired) electrons. The van der Waals surface area contributed by atoms with E-state index in [1.807, 2.05) is 13.8 Å². The van der Waals surface area contributed by atoms with E-state index >= 15 is 0 Å². The van der Waals surface area contributed by atoms with E-state index in [0.29, 0.717) is 24.2 Å². The molecule has 1 aliphatic heterocycles. The van der Waals surface area contributed by atoms with Crippen molar-refractivity contribution in [2.45, 2.75) is 26.3 Å². The Morgan fingerprint density at radius 2 is 1.85 bits per heavy atom. The summed E-state index contributed by atoms with van der Waals surface area (Å²) >= 11 is 0. The van der Waals surface area contributed by atoms with Crippen molar-refractivity contribution < 1.29 is 22.5 Å². The molecule has 0 atom stereocenters. The third-order valence-corrected chi connectivity index (χ3v) is 3.20. The first-order valence-electron chi connectivity index (χ1n) is 6.36. The van der Waals surface area contributed by atoms with Gasteiger partial charge in [-0.1, -0.05) is 37.9 Å². The van der Waals surface area contributed by atoms with Crippen molar-refractivity contribution in [1.29, 1.82) is 0 Å². The lowest BCUT2D eigenvalue weighted by molar-refractivity contribution is -0.137. The van der Waals surface area contributed by atoms with Gasteiger partial charge in [0.25, 0.3) is 0 Å². The van der Waals surface area contributed by atoms with Crippen molar-refractivity contribution >= 4 is 20.4 Å². The van der Waals surface area contributed by atoms with Crippen LogP contribution in [-0.2, 0) is 21.8 Å². The van der Waals surface area contributed by atoms with Gasteiger partial charge in [-0.15, -0.1) is 0 Å². The zero-order valence-corrected chi connectivity index (χ0v) is 11.5. The van der Waals surface area contributed by atoms with E-state index in [2.05, 4.69) is 0 Å². The van der Waals surface area contributed by atoms with Crippen LogP contribution in [0.5, 0.6) is 0 Å². The molecule has 0 amide bonds. The van der Waals surface area contributed by atoms with Crippen LogP contribution in [0.1, 0.15) is 25.0 Å². The van der Waals surface area contributed by atoms with E-state index in [1.54, 1.807) is 0 Å². The summed E-state index contributed by atoms with van der Waals surface area (Å²) in [5, 5.41) is 0. The van der Waals surface area contributed by atoms with Crippen molar-refractivity contribution in [3.63, 3.8) is 0 Å². The molecule has 2 rings (SSSR count). The molecule has 0 unspecified atom stereocenters. The summed E-state index contributed by atoms with van der Waals surface area (Å²) < 4.78 is 49.2. The molecule has 1 heterocycles. The van der Waals surface area contributed by atoms with Crippen molar-refractivity contribution in [2.24, 2.45) is 5.41 Å². The van der Waals surface area contributed by atoms with E-state index < -0.39 is 18.9 Å². The summed E-state index contributed by atoms with van der Waals surface area (Å²) in [6, 6.07) is 3.47. The Bertz CT molecular complexity index is 479. The number of alkyl halides is 3. The summed E-state index contributed by atoms with van der Waals surface area (Å²) in [6.07, 6.45) is -4.37. The topological polar surface area (TPSA) is 18.5 Å². The van der Waals surface area contributed by atoms with Crippen molar-refractivity contribution in [1.82, 2.24) is 0 Å². The Kier molecular flexibility index (Phi) is 4.21. The molecule has 0 saturated carbocycles. The molecule has 7 heteroatoms. The zero-order chi connectivity index (χ0) is 15.0. The minimum absolute atomic E-state index is 0.00582. The molecule has 0 aromatic heterocycles. The van der Waals surface area contributed by atoms with Crippen molar-refractivity contribution in [2.75, 3.05) is 13.2 Å². The molecule has 0 spiro atoms. The maximum Gasteiger partial charge on any atom is 0.494 e. The Morgan fingerprint density at radius 1 is 1.25 bits per heavy atom. The molecule has 0 N–H and O–H groups in total. The van der Waals surface area contributed by atoms with Gasteiger partial charge in [0.1, 0.15) is 0 Å². The summed E-state index contributed by atoms with van der Waals surface area (Å²) in [6.45, 7) is 4.98. The molecule has 1 aromatic rings. The van der Waals surface area contributed by atoms with E-state index in [4.69, 9.17) is 17.2 Å². The van der Waals surface area contributed by atoms with Gasteiger partial charge in [0, 0.05) is 18.6 Å². The molecule has 1 saturated heterocycles. The van der Waals surface area contributed by atoms with Gasteiger partial charge in [-0.25, -0.2) is 0 Å². The lowest BCUT2D eigenvalue weighted by atomic mass is 9.71. The van der Waals surface area contributed by atoms with E-state index in [9.17, 15) is 13.2 Å². The second kappa shape index (κ2) is 5.45. The predicted octanol–water partition coefficient (Wildman–Crippen LogP) is 2.14. The molecular weight excluding hydrogens is 267 g/mol. The maximum atomic E-state index is 12.7. The molecule has 0 aliphatic carbocycles. The fourth-order valence-electron chi connectivity index (χ4n) is 2.06. The van der Waals surface area contributed by atoms with E-state index in [-0.39, 0.29) is 11.7 Å². The lowest BCUT2D eigenvalue weighted by Gasteiger charge is -2.33. The normalized spacial score (nSPS) is 19.1. The maximum absolute atomic E-state index is 12.7. The van der Waals surface area contributed by atoms with Gasteiger partial charge < -0.3 is 9.31 Å². The van der Waals surface area contributed by atoms with Gasteiger partial charge in [-0.2, -0.15) is 13.2 Å². The molecule has 1 fully saturated rings. The molecular formula is C13H15B2F3O2. The lowest BCUT2D eigenvalue weighted by Crippen LogP contribution is -2.48. The summed E-state index contributed by atoms with van der Waals surface area (Å²) in [4.78, 5) is 0. The van der Waals surface area contributed by atoms with Gasteiger partial charge in [0.05, 0.1) is 13.4 Å². The number of benzene rings is 1. The number of halogens is 3. The van der Waals surface area contributed by atoms with Gasteiger partial charge in [-0.3, -0.25) is 0 Å². The van der Waals surface area contributed by atoms with Crippen molar-refractivity contribution in [3.05, 3.63) is 29.3 Å². The predicted molar refractivity (Wildman–Crippen MR) is 72.0 cm³/mol. The highest BCUT2D eigenvalue weighted by Gasteiger charge is 2.36. The third-order valence-electron chi connectivity index (χ3n) is 3.20. The van der Waals surface area contributed by atoms with Crippen LogP contribution in [-0.4, -0.2) is 28.2 Å². The van der Waals surface area contributed by atoms with Gasteiger partial charge in [0.15, 0.2) is 0 Å². The van der Waals surface area contributed by atoms with Crippen LogP contribution < -0.4 is 5.46 Å². The first kappa shape index (κ1) is 15.4. The number of rotatable bonds is 2. The van der Waals surface area contributed by atoms with Crippen LogP contribution in [0.2, 0.25) is 0 Å².